The number of carboxylic acid groups (broad SMARTS) is 1. The van der Waals surface area contributed by atoms with E-state index in [9.17, 15) is 14.7 Å². The molecule has 1 unspecified atom stereocenters. The van der Waals surface area contributed by atoms with E-state index in [1.165, 1.54) is 0 Å². The summed E-state index contributed by atoms with van der Waals surface area (Å²) in [5.41, 5.74) is -0.996. The molecule has 0 bridgehead atoms. The monoisotopic (exact) mass is 333 g/mol. The molecular weight excluding hydrogens is 314 g/mol. The molecule has 1 heterocycles. The highest BCUT2D eigenvalue weighted by Gasteiger charge is 2.40. The van der Waals surface area contributed by atoms with Crippen LogP contribution in [0.1, 0.15) is 30.6 Å². The molecule has 1 amide bonds. The fourth-order valence-electron chi connectivity index (χ4n) is 2.32. The van der Waals surface area contributed by atoms with Crippen molar-refractivity contribution in [3.05, 3.63) is 47.6 Å². The van der Waals surface area contributed by atoms with E-state index in [0.717, 1.165) is 0 Å². The third-order valence-corrected chi connectivity index (χ3v) is 3.54. The molecule has 8 heteroatoms. The normalized spacial score (nSPS) is 13.2. The van der Waals surface area contributed by atoms with Gasteiger partial charge in [0.05, 0.1) is 0 Å². The Hall–Kier alpha value is -2.74. The number of aromatic nitrogens is 2. The standard InChI is InChI=1S/C16H19N3O5/c1-3-16(15(21)22,12-7-5-4-6-8-12)18-13(20)9-23-10-14-17-11(2)19-24-14/h4-8H,3,9-10H2,1-2H3,(H,18,20)(H,21,22). The number of carbonyl (C=O) groups excluding carboxylic acids is 1. The van der Waals surface area contributed by atoms with Gasteiger partial charge in [0.15, 0.2) is 11.4 Å². The molecule has 0 aliphatic rings. The lowest BCUT2D eigenvalue weighted by Crippen LogP contribution is -2.52. The molecule has 1 aromatic carbocycles. The van der Waals surface area contributed by atoms with Crippen LogP contribution in [-0.4, -0.2) is 33.7 Å². The molecule has 24 heavy (non-hydrogen) atoms. The van der Waals surface area contributed by atoms with Gasteiger partial charge in [-0.2, -0.15) is 4.98 Å². The van der Waals surface area contributed by atoms with Crippen molar-refractivity contribution in [3.63, 3.8) is 0 Å². The van der Waals surface area contributed by atoms with Crippen molar-refractivity contribution in [2.24, 2.45) is 0 Å². The van der Waals surface area contributed by atoms with Gasteiger partial charge >= 0.3 is 5.97 Å². The third kappa shape index (κ3) is 3.96. The van der Waals surface area contributed by atoms with Crippen molar-refractivity contribution >= 4 is 11.9 Å². The van der Waals surface area contributed by atoms with E-state index in [0.29, 0.717) is 11.4 Å². The fourth-order valence-corrected chi connectivity index (χ4v) is 2.32. The summed E-state index contributed by atoms with van der Waals surface area (Å²) in [7, 11) is 0. The first-order valence-corrected chi connectivity index (χ1v) is 7.45. The molecule has 2 rings (SSSR count). The van der Waals surface area contributed by atoms with Crippen molar-refractivity contribution in [1.82, 2.24) is 15.5 Å². The fraction of sp³-hybridized carbons (Fsp3) is 0.375. The Morgan fingerprint density at radius 3 is 2.58 bits per heavy atom. The van der Waals surface area contributed by atoms with E-state index in [4.69, 9.17) is 9.26 Å². The highest BCUT2D eigenvalue weighted by atomic mass is 16.5. The molecule has 0 radical (unpaired) electrons. The van der Waals surface area contributed by atoms with Crippen molar-refractivity contribution < 1.29 is 24.0 Å². The number of carbonyl (C=O) groups is 2. The predicted molar refractivity (Wildman–Crippen MR) is 82.9 cm³/mol. The Morgan fingerprint density at radius 1 is 1.33 bits per heavy atom. The summed E-state index contributed by atoms with van der Waals surface area (Å²) in [6.45, 7) is 3.03. The smallest absolute Gasteiger partial charge is 0.334 e. The Morgan fingerprint density at radius 2 is 2.04 bits per heavy atom. The van der Waals surface area contributed by atoms with Gasteiger partial charge in [-0.3, -0.25) is 4.79 Å². The molecule has 0 aliphatic carbocycles. The number of ether oxygens (including phenoxy) is 1. The summed E-state index contributed by atoms with van der Waals surface area (Å²) in [6, 6.07) is 8.57. The molecule has 0 fully saturated rings. The number of nitrogens with one attached hydrogen (secondary N) is 1. The lowest BCUT2D eigenvalue weighted by Gasteiger charge is -2.29. The number of carboxylic acids is 1. The van der Waals surface area contributed by atoms with Crippen molar-refractivity contribution in [3.8, 4) is 0 Å². The Labute approximate surface area is 138 Å². The molecule has 1 aromatic heterocycles. The van der Waals surface area contributed by atoms with Gasteiger partial charge in [0.2, 0.25) is 5.91 Å². The van der Waals surface area contributed by atoms with Gasteiger partial charge < -0.3 is 19.7 Å². The zero-order valence-corrected chi connectivity index (χ0v) is 13.5. The Balaban J connectivity index is 2.01. The zero-order valence-electron chi connectivity index (χ0n) is 13.5. The first kappa shape index (κ1) is 17.6. The van der Waals surface area contributed by atoms with Gasteiger partial charge in [-0.1, -0.05) is 42.4 Å². The highest BCUT2D eigenvalue weighted by molar-refractivity contribution is 5.88. The van der Waals surface area contributed by atoms with Crippen LogP contribution in [0.15, 0.2) is 34.9 Å². The van der Waals surface area contributed by atoms with Gasteiger partial charge in [-0.15, -0.1) is 0 Å². The quantitative estimate of drug-likeness (QED) is 0.750. The summed E-state index contributed by atoms with van der Waals surface area (Å²) in [4.78, 5) is 27.9. The molecule has 2 N–H and O–H groups in total. The summed E-state index contributed by atoms with van der Waals surface area (Å²) in [5, 5.41) is 15.8. The van der Waals surface area contributed by atoms with E-state index in [-0.39, 0.29) is 25.5 Å². The van der Waals surface area contributed by atoms with E-state index in [1.54, 1.807) is 44.2 Å². The number of rotatable bonds is 8. The Bertz CT molecular complexity index is 701. The lowest BCUT2D eigenvalue weighted by molar-refractivity contribution is -0.149. The van der Waals surface area contributed by atoms with Gasteiger partial charge in [-0.25, -0.2) is 4.79 Å². The van der Waals surface area contributed by atoms with Crippen LogP contribution in [0, 0.1) is 6.92 Å². The van der Waals surface area contributed by atoms with Crippen LogP contribution in [0.2, 0.25) is 0 Å². The van der Waals surface area contributed by atoms with Crippen LogP contribution in [0.3, 0.4) is 0 Å². The number of nitrogens with zero attached hydrogens (tertiary/aromatic N) is 2. The van der Waals surface area contributed by atoms with E-state index >= 15 is 0 Å². The predicted octanol–water partition coefficient (Wildman–Crippen LogP) is 1.40. The maximum atomic E-state index is 12.1. The molecule has 0 saturated carbocycles. The van der Waals surface area contributed by atoms with E-state index in [1.807, 2.05) is 0 Å². The maximum Gasteiger partial charge on any atom is 0.334 e. The van der Waals surface area contributed by atoms with E-state index < -0.39 is 17.4 Å². The highest BCUT2D eigenvalue weighted by Crippen LogP contribution is 2.25. The summed E-state index contributed by atoms with van der Waals surface area (Å²) >= 11 is 0. The molecule has 128 valence electrons. The number of hydrogen-bond donors (Lipinski definition) is 2. The number of benzene rings is 1. The van der Waals surface area contributed by atoms with E-state index in [2.05, 4.69) is 15.5 Å². The van der Waals surface area contributed by atoms with Gasteiger partial charge in [0, 0.05) is 0 Å². The molecule has 0 saturated heterocycles. The van der Waals surface area contributed by atoms with Crippen molar-refractivity contribution in [1.29, 1.82) is 0 Å². The number of aryl methyl sites for hydroxylation is 1. The minimum atomic E-state index is -1.50. The van der Waals surface area contributed by atoms with Crippen molar-refractivity contribution in [2.45, 2.75) is 32.4 Å². The van der Waals surface area contributed by atoms with Crippen molar-refractivity contribution in [2.75, 3.05) is 6.61 Å². The molecule has 8 nitrogen and oxygen atoms in total. The lowest BCUT2D eigenvalue weighted by atomic mass is 9.87. The largest absolute Gasteiger partial charge is 0.479 e. The molecule has 2 aromatic rings. The van der Waals surface area contributed by atoms with Crippen LogP contribution >= 0.6 is 0 Å². The second kappa shape index (κ2) is 7.69. The van der Waals surface area contributed by atoms with Crippen LogP contribution in [0.25, 0.3) is 0 Å². The molecular formula is C16H19N3O5. The SMILES string of the molecule is CCC(NC(=O)COCc1nc(C)no1)(C(=O)O)c1ccccc1. The summed E-state index contributed by atoms with van der Waals surface area (Å²) in [5.74, 6) is -0.947. The van der Waals surface area contributed by atoms with Crippen LogP contribution < -0.4 is 5.32 Å². The van der Waals surface area contributed by atoms with Gasteiger partial charge in [0.25, 0.3) is 5.89 Å². The number of aliphatic carboxylic acids is 1. The second-order valence-corrected chi connectivity index (χ2v) is 5.21. The topological polar surface area (TPSA) is 115 Å². The minimum absolute atomic E-state index is 0.0220. The third-order valence-electron chi connectivity index (χ3n) is 3.54. The van der Waals surface area contributed by atoms with Crippen LogP contribution in [-0.2, 0) is 26.5 Å². The maximum absolute atomic E-state index is 12.1. The molecule has 1 atom stereocenters. The number of hydrogen-bond acceptors (Lipinski definition) is 6. The molecule has 0 spiro atoms. The van der Waals surface area contributed by atoms with Gasteiger partial charge in [-0.05, 0) is 18.9 Å². The Kier molecular flexibility index (Phi) is 5.64. The average Bonchev–Trinajstić information content (AvgIpc) is 2.98. The van der Waals surface area contributed by atoms with Gasteiger partial charge in [0.1, 0.15) is 13.2 Å². The minimum Gasteiger partial charge on any atom is -0.479 e. The number of amides is 1. The zero-order chi connectivity index (χ0) is 17.6. The molecule has 0 aliphatic heterocycles. The average molecular weight is 333 g/mol. The van der Waals surface area contributed by atoms with Crippen LogP contribution in [0.4, 0.5) is 0 Å². The summed E-state index contributed by atoms with van der Waals surface area (Å²) < 4.78 is 10.1. The second-order valence-electron chi connectivity index (χ2n) is 5.21. The first-order chi connectivity index (χ1) is 11.5. The van der Waals surface area contributed by atoms with Crippen LogP contribution in [0.5, 0.6) is 0 Å². The summed E-state index contributed by atoms with van der Waals surface area (Å²) in [6.07, 6.45) is 0.195. The first-order valence-electron chi connectivity index (χ1n) is 7.45.